The molecule has 1 heterocycles. The first-order valence-corrected chi connectivity index (χ1v) is 10.6. The third kappa shape index (κ3) is 5.70. The van der Waals surface area contributed by atoms with Crippen LogP contribution in [0.2, 0.25) is 6.32 Å². The molecule has 0 bridgehead atoms. The van der Waals surface area contributed by atoms with E-state index in [2.05, 4.69) is 19.0 Å². The number of fused-ring (bicyclic) bond motifs is 1. The molecule has 8 heteroatoms. The van der Waals surface area contributed by atoms with Gasteiger partial charge in [0.15, 0.2) is 23.0 Å². The van der Waals surface area contributed by atoms with E-state index in [0.29, 0.717) is 30.7 Å². The van der Waals surface area contributed by atoms with Gasteiger partial charge in [0.25, 0.3) is 13.1 Å². The van der Waals surface area contributed by atoms with Crippen molar-refractivity contribution in [3.8, 4) is 11.8 Å². The van der Waals surface area contributed by atoms with Crippen LogP contribution in [0.4, 0.5) is 4.79 Å². The minimum absolute atomic E-state index is 0.175. The second kappa shape index (κ2) is 10.6. The lowest BCUT2D eigenvalue weighted by Gasteiger charge is -2.35. The first-order chi connectivity index (χ1) is 14.1. The van der Waals surface area contributed by atoms with Gasteiger partial charge in [-0.3, -0.25) is 9.69 Å². The normalized spacial score (nSPS) is 15.4. The number of carbonyl (C=O) groups is 1. The van der Waals surface area contributed by atoms with Crippen LogP contribution in [-0.4, -0.2) is 41.2 Å². The summed E-state index contributed by atoms with van der Waals surface area (Å²) < 4.78 is 4.69. The molecule has 29 heavy (non-hydrogen) atoms. The van der Waals surface area contributed by atoms with Gasteiger partial charge in [-0.1, -0.05) is 30.6 Å². The van der Waals surface area contributed by atoms with E-state index in [0.717, 1.165) is 42.6 Å². The van der Waals surface area contributed by atoms with Gasteiger partial charge in [-0.15, -0.1) is 0 Å². The molecule has 2 aromatic rings. The number of rotatable bonds is 8. The van der Waals surface area contributed by atoms with Crippen LogP contribution < -0.4 is 0 Å². The maximum Gasteiger partial charge on any atom is 0.263 e. The lowest BCUT2D eigenvalue weighted by molar-refractivity contribution is 0.188. The third-order valence-corrected chi connectivity index (χ3v) is 5.71. The first-order valence-electron chi connectivity index (χ1n) is 9.69. The minimum atomic E-state index is -0.337. The average Bonchev–Trinajstić information content (AvgIpc) is 2.76. The molecule has 0 saturated heterocycles. The molecule has 149 valence electrons. The minimum Gasteiger partial charge on any atom is -0.508 e. The Kier molecular flexibility index (Phi) is 7.89. The number of hydrogen-bond acceptors (Lipinski definition) is 6. The number of para-hydroxylation sites is 1. The van der Waals surface area contributed by atoms with Crippen molar-refractivity contribution in [3.63, 3.8) is 0 Å². The van der Waals surface area contributed by atoms with Crippen LogP contribution >= 0.6 is 23.0 Å². The molecule has 6 nitrogen and oxygen atoms in total. The lowest BCUT2D eigenvalue weighted by atomic mass is 9.74. The Bertz CT molecular complexity index is 903. The van der Waals surface area contributed by atoms with Gasteiger partial charge in [0.2, 0.25) is 0 Å². The second-order valence-electron chi connectivity index (χ2n) is 7.06. The number of aryl methyl sites for hydroxylation is 1. The number of carbonyl (C=O) groups excluding carboxylic acids is 1. The van der Waals surface area contributed by atoms with Crippen molar-refractivity contribution in [2.24, 2.45) is 0 Å². The molecular weight excluding hydrogens is 480 g/mol. The van der Waals surface area contributed by atoms with Gasteiger partial charge in [-0.25, -0.2) is 4.98 Å². The van der Waals surface area contributed by atoms with E-state index in [9.17, 15) is 9.90 Å². The van der Waals surface area contributed by atoms with Crippen LogP contribution in [0, 0.1) is 11.3 Å². The van der Waals surface area contributed by atoms with Crippen LogP contribution in [0.15, 0.2) is 36.4 Å². The van der Waals surface area contributed by atoms with E-state index < -0.39 is 0 Å². The van der Waals surface area contributed by atoms with Crippen LogP contribution in [0.25, 0.3) is 0 Å². The van der Waals surface area contributed by atoms with E-state index in [-0.39, 0.29) is 11.9 Å². The molecule has 0 fully saturated rings. The zero-order valence-corrected chi connectivity index (χ0v) is 18.2. The van der Waals surface area contributed by atoms with Crippen LogP contribution in [0.1, 0.15) is 41.4 Å². The van der Waals surface area contributed by atoms with Gasteiger partial charge >= 0.3 is 0 Å². The fraction of sp³-hybridized carbons (Fsp3) is 0.381. The largest absolute Gasteiger partial charge is 0.508 e. The number of hydrogen-bond donors (Lipinski definition) is 1. The van der Waals surface area contributed by atoms with Gasteiger partial charge in [-0.05, 0) is 55.5 Å². The molecule has 1 aliphatic carbocycles. The molecule has 0 aliphatic heterocycles. The lowest BCUT2D eigenvalue weighted by Crippen LogP contribution is -2.35. The van der Waals surface area contributed by atoms with Crippen molar-refractivity contribution < 1.29 is 13.0 Å². The molecule has 1 unspecified atom stereocenters. The van der Waals surface area contributed by atoms with Gasteiger partial charge in [-0.2, -0.15) is 5.26 Å². The van der Waals surface area contributed by atoms with E-state index in [1.165, 1.54) is 0 Å². The fourth-order valence-electron chi connectivity index (χ4n) is 3.87. The Labute approximate surface area is 185 Å². The van der Waals surface area contributed by atoms with Crippen LogP contribution in [0.5, 0.6) is 5.75 Å². The number of aromatic hydroxyl groups is 1. The Morgan fingerprint density at radius 2 is 2.17 bits per heavy atom. The number of aromatic nitrogens is 1. The van der Waals surface area contributed by atoms with Crippen molar-refractivity contribution in [2.45, 2.75) is 38.0 Å². The van der Waals surface area contributed by atoms with Crippen molar-refractivity contribution in [1.82, 2.24) is 9.88 Å². The highest BCUT2D eigenvalue weighted by Gasteiger charge is 2.27. The summed E-state index contributed by atoms with van der Waals surface area (Å²) in [6, 6.07) is 13.5. The van der Waals surface area contributed by atoms with E-state index in [1.807, 2.05) is 24.3 Å². The Morgan fingerprint density at radius 1 is 1.34 bits per heavy atom. The molecule has 1 radical (unpaired) electrons. The third-order valence-electron chi connectivity index (χ3n) is 5.28. The van der Waals surface area contributed by atoms with Crippen molar-refractivity contribution in [1.29, 1.82) is 5.26 Å². The quantitative estimate of drug-likeness (QED) is 0.431. The Hall–Kier alpha value is -2.12. The summed E-state index contributed by atoms with van der Waals surface area (Å²) in [5.74, 6) is -0.0347. The number of halogens is 1. The second-order valence-corrected chi connectivity index (χ2v) is 7.50. The molecule has 1 aromatic carbocycles. The molecule has 1 aromatic heterocycles. The van der Waals surface area contributed by atoms with E-state index >= 15 is 0 Å². The smallest absolute Gasteiger partial charge is 0.263 e. The molecule has 0 saturated carbocycles. The van der Waals surface area contributed by atoms with Gasteiger partial charge in [0.1, 0.15) is 17.5 Å². The van der Waals surface area contributed by atoms with Crippen molar-refractivity contribution >= 4 is 36.2 Å². The highest BCUT2D eigenvalue weighted by atomic mass is 127. The predicted molar refractivity (Wildman–Crippen MR) is 119 cm³/mol. The Morgan fingerprint density at radius 3 is 2.93 bits per heavy atom. The number of benzene rings is 1. The highest BCUT2D eigenvalue weighted by Crippen LogP contribution is 2.34. The zero-order chi connectivity index (χ0) is 20.6. The van der Waals surface area contributed by atoms with E-state index in [4.69, 9.17) is 5.26 Å². The SMILES string of the molecule is N#Cc1ccc2c(n1)CCCC2N(CC[B]C(=O)OI)CCc1ccccc1O. The van der Waals surface area contributed by atoms with Crippen LogP contribution in [-0.2, 0) is 15.9 Å². The van der Waals surface area contributed by atoms with Crippen molar-refractivity contribution in [2.75, 3.05) is 13.1 Å². The van der Waals surface area contributed by atoms with Crippen molar-refractivity contribution in [3.05, 3.63) is 58.9 Å². The first kappa shape index (κ1) is 21.6. The van der Waals surface area contributed by atoms with Gasteiger partial charge in [0.05, 0.1) is 0 Å². The summed E-state index contributed by atoms with van der Waals surface area (Å²) in [5.41, 5.74) is 3.50. The molecular formula is C21H22BIN3O3. The molecule has 0 amide bonds. The van der Waals surface area contributed by atoms with Gasteiger partial charge in [0, 0.05) is 18.3 Å². The number of phenolic OH excluding ortho intramolecular Hbond substituents is 1. The standard InChI is InChI=1S/C21H22BIN3O3/c23-29-21(28)22-11-13-26(12-10-15-4-1-2-7-20(15)27)19-6-3-5-18-17(19)9-8-16(14-24)25-18/h1-2,4,7-9,19,27H,3,5-6,10-13H2. The number of nitrogens with zero attached hydrogens (tertiary/aromatic N) is 3. The molecule has 0 spiro atoms. The summed E-state index contributed by atoms with van der Waals surface area (Å²) in [5, 5.41) is 19.2. The molecule has 1 N–H and O–H groups in total. The summed E-state index contributed by atoms with van der Waals surface area (Å²) in [6.07, 6.45) is 4.17. The summed E-state index contributed by atoms with van der Waals surface area (Å²) in [6.45, 7) is 1.44. The Balaban J connectivity index is 1.78. The molecule has 3 rings (SSSR count). The predicted octanol–water partition coefficient (Wildman–Crippen LogP) is 4.19. The van der Waals surface area contributed by atoms with E-state index in [1.54, 1.807) is 42.4 Å². The zero-order valence-electron chi connectivity index (χ0n) is 16.1. The summed E-state index contributed by atoms with van der Waals surface area (Å²) >= 11 is 1.59. The fourth-order valence-corrected chi connectivity index (χ4v) is 4.04. The van der Waals surface area contributed by atoms with Gasteiger partial charge < -0.3 is 8.17 Å². The summed E-state index contributed by atoms with van der Waals surface area (Å²) in [7, 11) is 1.56. The maximum absolute atomic E-state index is 11.5. The number of pyridine rings is 1. The molecule has 1 atom stereocenters. The number of phenols is 1. The highest BCUT2D eigenvalue weighted by molar-refractivity contribution is 14.1. The average molecular weight is 502 g/mol. The monoisotopic (exact) mass is 502 g/mol. The number of nitriles is 1. The van der Waals surface area contributed by atoms with Crippen LogP contribution in [0.3, 0.4) is 0 Å². The maximum atomic E-state index is 11.5. The topological polar surface area (TPSA) is 86.5 Å². The molecule has 1 aliphatic rings. The summed E-state index contributed by atoms with van der Waals surface area (Å²) in [4.78, 5) is 18.3.